The molecular weight excluding hydrogens is 272 g/mol. The van der Waals surface area contributed by atoms with Gasteiger partial charge >= 0.3 is 0 Å². The molecule has 21 heavy (non-hydrogen) atoms. The lowest BCUT2D eigenvalue weighted by molar-refractivity contribution is -0.384. The van der Waals surface area contributed by atoms with Gasteiger partial charge in [-0.25, -0.2) is 4.98 Å². The Kier molecular flexibility index (Phi) is 4.32. The predicted molar refractivity (Wildman–Crippen MR) is 78.8 cm³/mol. The number of aromatic nitrogens is 2. The summed E-state index contributed by atoms with van der Waals surface area (Å²) in [5.41, 5.74) is 1.48. The molecule has 110 valence electrons. The van der Waals surface area contributed by atoms with Crippen LogP contribution in [0, 0.1) is 24.0 Å². The Morgan fingerprint density at radius 1 is 1.29 bits per heavy atom. The molecule has 1 aromatic heterocycles. The van der Waals surface area contributed by atoms with E-state index in [0.717, 1.165) is 5.69 Å². The highest BCUT2D eigenvalue weighted by Crippen LogP contribution is 2.27. The van der Waals surface area contributed by atoms with E-state index in [4.69, 9.17) is 4.74 Å². The Labute approximate surface area is 122 Å². The molecule has 0 fully saturated rings. The highest BCUT2D eigenvalue weighted by Gasteiger charge is 2.11. The third-order valence-corrected chi connectivity index (χ3v) is 2.75. The van der Waals surface area contributed by atoms with Gasteiger partial charge in [0.2, 0.25) is 11.8 Å². The second-order valence-electron chi connectivity index (χ2n) is 4.51. The molecule has 0 unspecified atom stereocenters. The van der Waals surface area contributed by atoms with Crippen LogP contribution in [-0.4, -0.2) is 21.4 Å². The van der Waals surface area contributed by atoms with Gasteiger partial charge in [-0.2, -0.15) is 4.98 Å². The molecule has 7 nitrogen and oxygen atoms in total. The van der Waals surface area contributed by atoms with Crippen molar-refractivity contribution in [3.05, 3.63) is 45.6 Å². The van der Waals surface area contributed by atoms with E-state index in [1.54, 1.807) is 19.1 Å². The lowest BCUT2D eigenvalue weighted by atomic mass is 10.2. The van der Waals surface area contributed by atoms with Crippen LogP contribution in [0.4, 0.5) is 11.6 Å². The zero-order valence-electron chi connectivity index (χ0n) is 12.1. The van der Waals surface area contributed by atoms with Crippen LogP contribution in [0.1, 0.15) is 18.2 Å². The number of rotatable bonds is 5. The molecule has 1 aromatic carbocycles. The molecule has 0 bridgehead atoms. The van der Waals surface area contributed by atoms with Crippen molar-refractivity contribution in [3.63, 3.8) is 0 Å². The zero-order valence-corrected chi connectivity index (χ0v) is 12.1. The molecule has 0 aliphatic heterocycles. The van der Waals surface area contributed by atoms with Gasteiger partial charge < -0.3 is 10.1 Å². The van der Waals surface area contributed by atoms with Gasteiger partial charge in [-0.1, -0.05) is 0 Å². The molecule has 1 heterocycles. The first-order chi connectivity index (χ1) is 9.99. The number of hydrogen-bond acceptors (Lipinski definition) is 6. The largest absolute Gasteiger partial charge is 0.439 e. The molecule has 2 aromatic rings. The van der Waals surface area contributed by atoms with Crippen molar-refractivity contribution in [1.29, 1.82) is 0 Å². The van der Waals surface area contributed by atoms with Crippen LogP contribution >= 0.6 is 0 Å². The van der Waals surface area contributed by atoms with E-state index in [9.17, 15) is 10.1 Å². The zero-order chi connectivity index (χ0) is 15.4. The maximum atomic E-state index is 10.7. The van der Waals surface area contributed by atoms with Crippen LogP contribution in [0.15, 0.2) is 24.3 Å². The number of ether oxygens (including phenoxy) is 1. The first-order valence-corrected chi connectivity index (χ1v) is 6.52. The molecular formula is C14H16N4O3. The number of nitro groups is 1. The fraction of sp³-hybridized carbons (Fsp3) is 0.286. The summed E-state index contributed by atoms with van der Waals surface area (Å²) in [6.07, 6.45) is 0. The fourth-order valence-corrected chi connectivity index (χ4v) is 1.80. The molecule has 0 saturated carbocycles. The number of benzene rings is 1. The molecule has 0 aliphatic rings. The average Bonchev–Trinajstić information content (AvgIpc) is 2.40. The van der Waals surface area contributed by atoms with Gasteiger partial charge in [0, 0.05) is 30.4 Å². The van der Waals surface area contributed by atoms with Gasteiger partial charge in [0.15, 0.2) is 0 Å². The lowest BCUT2D eigenvalue weighted by Crippen LogP contribution is -2.04. The maximum absolute atomic E-state index is 10.7. The number of non-ortho nitro benzene ring substituents is 1. The standard InChI is InChI=1S/C14H16N4O3/c1-4-15-14-16-10(3)8-13(17-14)21-12-6-5-11(18(19)20)7-9(12)2/h5-8H,4H2,1-3H3,(H,15,16,17). The van der Waals surface area contributed by atoms with Crippen molar-refractivity contribution in [3.8, 4) is 11.6 Å². The molecule has 0 aliphatic carbocycles. The molecule has 0 saturated heterocycles. The molecule has 7 heteroatoms. The SMILES string of the molecule is CCNc1nc(C)cc(Oc2ccc([N+](=O)[O-])cc2C)n1. The third-order valence-electron chi connectivity index (χ3n) is 2.75. The monoisotopic (exact) mass is 288 g/mol. The van der Waals surface area contributed by atoms with Gasteiger partial charge in [0.1, 0.15) is 5.75 Å². The summed E-state index contributed by atoms with van der Waals surface area (Å²) in [5, 5.41) is 13.7. The first kappa shape index (κ1) is 14.7. The van der Waals surface area contributed by atoms with Crippen molar-refractivity contribution in [2.24, 2.45) is 0 Å². The number of hydrogen-bond donors (Lipinski definition) is 1. The minimum absolute atomic E-state index is 0.0343. The highest BCUT2D eigenvalue weighted by molar-refractivity contribution is 5.44. The van der Waals surface area contributed by atoms with Crippen molar-refractivity contribution < 1.29 is 9.66 Å². The Bertz CT molecular complexity index is 673. The Hall–Kier alpha value is -2.70. The Balaban J connectivity index is 2.27. The van der Waals surface area contributed by atoms with Crippen LogP contribution in [0.5, 0.6) is 11.6 Å². The number of nitrogens with one attached hydrogen (secondary N) is 1. The van der Waals surface area contributed by atoms with E-state index in [-0.39, 0.29) is 5.69 Å². The van der Waals surface area contributed by atoms with E-state index in [0.29, 0.717) is 29.7 Å². The second-order valence-corrected chi connectivity index (χ2v) is 4.51. The van der Waals surface area contributed by atoms with Gasteiger partial charge in [-0.05, 0) is 32.4 Å². The average molecular weight is 288 g/mol. The summed E-state index contributed by atoms with van der Waals surface area (Å²) in [4.78, 5) is 18.8. The van der Waals surface area contributed by atoms with Gasteiger partial charge in [-0.3, -0.25) is 10.1 Å². The van der Waals surface area contributed by atoms with Crippen molar-refractivity contribution in [2.45, 2.75) is 20.8 Å². The molecule has 2 rings (SSSR count). The summed E-state index contributed by atoms with van der Waals surface area (Å²) >= 11 is 0. The number of nitro benzene ring substituents is 1. The van der Waals surface area contributed by atoms with Gasteiger partial charge in [-0.15, -0.1) is 0 Å². The molecule has 0 spiro atoms. The normalized spacial score (nSPS) is 10.2. The summed E-state index contributed by atoms with van der Waals surface area (Å²) in [6, 6.07) is 6.15. The van der Waals surface area contributed by atoms with Gasteiger partial charge in [0.05, 0.1) is 4.92 Å². The van der Waals surface area contributed by atoms with E-state index in [1.165, 1.54) is 12.1 Å². The number of aryl methyl sites for hydroxylation is 2. The van der Waals surface area contributed by atoms with Crippen LogP contribution in [0.3, 0.4) is 0 Å². The Morgan fingerprint density at radius 2 is 2.05 bits per heavy atom. The molecule has 0 amide bonds. The minimum Gasteiger partial charge on any atom is -0.439 e. The van der Waals surface area contributed by atoms with E-state index in [2.05, 4.69) is 15.3 Å². The smallest absolute Gasteiger partial charge is 0.269 e. The second kappa shape index (κ2) is 6.17. The lowest BCUT2D eigenvalue weighted by Gasteiger charge is -2.10. The van der Waals surface area contributed by atoms with Crippen molar-refractivity contribution in [1.82, 2.24) is 9.97 Å². The quantitative estimate of drug-likeness (QED) is 0.671. The molecule has 1 N–H and O–H groups in total. The maximum Gasteiger partial charge on any atom is 0.269 e. The van der Waals surface area contributed by atoms with Crippen LogP contribution in [0.2, 0.25) is 0 Å². The Morgan fingerprint density at radius 3 is 2.67 bits per heavy atom. The van der Waals surface area contributed by atoms with Crippen LogP contribution < -0.4 is 10.1 Å². The highest BCUT2D eigenvalue weighted by atomic mass is 16.6. The van der Waals surface area contributed by atoms with E-state index in [1.807, 2.05) is 13.8 Å². The minimum atomic E-state index is -0.436. The van der Waals surface area contributed by atoms with Crippen molar-refractivity contribution >= 4 is 11.6 Å². The fourth-order valence-electron chi connectivity index (χ4n) is 1.80. The summed E-state index contributed by atoms with van der Waals surface area (Å²) in [7, 11) is 0. The van der Waals surface area contributed by atoms with Crippen LogP contribution in [0.25, 0.3) is 0 Å². The van der Waals surface area contributed by atoms with Gasteiger partial charge in [0.25, 0.3) is 5.69 Å². The topological polar surface area (TPSA) is 90.2 Å². The third kappa shape index (κ3) is 3.65. The summed E-state index contributed by atoms with van der Waals surface area (Å²) in [5.74, 6) is 1.42. The number of nitrogens with zero attached hydrogens (tertiary/aromatic N) is 3. The van der Waals surface area contributed by atoms with Crippen LogP contribution in [-0.2, 0) is 0 Å². The summed E-state index contributed by atoms with van der Waals surface area (Å²) < 4.78 is 5.70. The number of anilines is 1. The molecule has 0 atom stereocenters. The van der Waals surface area contributed by atoms with Crippen molar-refractivity contribution in [2.75, 3.05) is 11.9 Å². The summed E-state index contributed by atoms with van der Waals surface area (Å²) in [6.45, 7) is 6.26. The predicted octanol–water partition coefficient (Wildman–Crippen LogP) is 3.23. The van der Waals surface area contributed by atoms with E-state index >= 15 is 0 Å². The van der Waals surface area contributed by atoms with E-state index < -0.39 is 4.92 Å². The molecule has 0 radical (unpaired) electrons. The first-order valence-electron chi connectivity index (χ1n) is 6.52.